The highest BCUT2D eigenvalue weighted by Crippen LogP contribution is 2.41. The third-order valence-corrected chi connectivity index (χ3v) is 7.72. The molecule has 7 nitrogen and oxygen atoms in total. The highest BCUT2D eigenvalue weighted by molar-refractivity contribution is 5.82. The van der Waals surface area contributed by atoms with Gasteiger partial charge in [0.05, 0.1) is 14.2 Å². The van der Waals surface area contributed by atoms with Crippen LogP contribution in [0.2, 0.25) is 0 Å². The van der Waals surface area contributed by atoms with Crippen LogP contribution in [0.1, 0.15) is 49.3 Å². The molecule has 2 amide bonds. The summed E-state index contributed by atoms with van der Waals surface area (Å²) < 4.78 is 96.7. The van der Waals surface area contributed by atoms with Crippen LogP contribution in [0.5, 0.6) is 11.5 Å². The smallest absolute Gasteiger partial charge is 0.471 e. The quantitative estimate of drug-likeness (QED) is 0.0845. The number of carbonyl (C=O) groups is 2. The second-order valence-electron chi connectivity index (χ2n) is 11.0. The number of carbonyl (C=O) groups excluding carboxylic acids is 2. The summed E-state index contributed by atoms with van der Waals surface area (Å²) in [5, 5.41) is 0. The van der Waals surface area contributed by atoms with E-state index in [4.69, 9.17) is 14.2 Å². The first-order valence-corrected chi connectivity index (χ1v) is 15.5. The number of benzene rings is 3. The molecule has 3 rings (SSSR count). The monoisotopic (exact) mass is 682 g/mol. The molecule has 0 saturated carbocycles. The molecule has 0 atom stereocenters. The van der Waals surface area contributed by atoms with E-state index < -0.39 is 42.9 Å². The Balaban J connectivity index is 1.81. The van der Waals surface area contributed by atoms with E-state index in [1.54, 1.807) is 45.4 Å². The van der Waals surface area contributed by atoms with Gasteiger partial charge in [0.15, 0.2) is 0 Å². The minimum Gasteiger partial charge on any atom is -0.497 e. The van der Waals surface area contributed by atoms with Crippen molar-refractivity contribution < 1.29 is 50.1 Å². The van der Waals surface area contributed by atoms with E-state index in [1.165, 1.54) is 0 Å². The Kier molecular flexibility index (Phi) is 13.7. The molecule has 0 N–H and O–H groups in total. The van der Waals surface area contributed by atoms with Crippen molar-refractivity contribution in [2.75, 3.05) is 47.0 Å². The fourth-order valence-corrected chi connectivity index (χ4v) is 5.42. The average Bonchev–Trinajstić information content (AvgIpc) is 3.08. The van der Waals surface area contributed by atoms with Crippen LogP contribution in [0.4, 0.5) is 26.3 Å². The summed E-state index contributed by atoms with van der Waals surface area (Å²) in [6.07, 6.45) is -9.96. The van der Waals surface area contributed by atoms with Crippen LogP contribution in [0.15, 0.2) is 78.9 Å². The van der Waals surface area contributed by atoms with E-state index in [-0.39, 0.29) is 45.4 Å². The number of hydrogen-bond acceptors (Lipinski definition) is 5. The first-order valence-electron chi connectivity index (χ1n) is 15.5. The number of nitrogens with zero attached hydrogens (tertiary/aromatic N) is 2. The van der Waals surface area contributed by atoms with Crippen LogP contribution >= 0.6 is 0 Å². The Morgan fingerprint density at radius 2 is 1.00 bits per heavy atom. The molecule has 48 heavy (non-hydrogen) atoms. The number of rotatable bonds is 17. The van der Waals surface area contributed by atoms with Crippen LogP contribution < -0.4 is 9.47 Å². The molecule has 3 aromatic carbocycles. The van der Waals surface area contributed by atoms with Gasteiger partial charge < -0.3 is 24.0 Å². The van der Waals surface area contributed by atoms with Crippen molar-refractivity contribution in [1.82, 2.24) is 9.80 Å². The fraction of sp³-hybridized carbons (Fsp3) is 0.429. The molecule has 0 heterocycles. The lowest BCUT2D eigenvalue weighted by molar-refractivity contribution is -0.187. The molecule has 3 aromatic rings. The minimum atomic E-state index is -5.17. The number of alkyl halides is 6. The van der Waals surface area contributed by atoms with Crippen LogP contribution in [0.3, 0.4) is 0 Å². The van der Waals surface area contributed by atoms with Gasteiger partial charge in [0, 0.05) is 32.8 Å². The third kappa shape index (κ3) is 9.88. The van der Waals surface area contributed by atoms with Gasteiger partial charge in [0.25, 0.3) is 0 Å². The normalized spacial score (nSPS) is 12.0. The average molecular weight is 683 g/mol. The summed E-state index contributed by atoms with van der Waals surface area (Å²) >= 11 is 0. The van der Waals surface area contributed by atoms with Crippen molar-refractivity contribution in [2.45, 2.75) is 50.6 Å². The second-order valence-corrected chi connectivity index (χ2v) is 11.0. The van der Waals surface area contributed by atoms with E-state index in [0.717, 1.165) is 16.7 Å². The maximum Gasteiger partial charge on any atom is 0.471 e. The van der Waals surface area contributed by atoms with Gasteiger partial charge in [-0.05, 0) is 66.6 Å². The van der Waals surface area contributed by atoms with E-state index in [2.05, 4.69) is 0 Å². The minimum absolute atomic E-state index is 0.0748. The van der Waals surface area contributed by atoms with Crippen LogP contribution in [0.25, 0.3) is 0 Å². The molecule has 0 aliphatic carbocycles. The van der Waals surface area contributed by atoms with Gasteiger partial charge in [0.1, 0.15) is 17.1 Å². The first-order chi connectivity index (χ1) is 22.8. The van der Waals surface area contributed by atoms with E-state index in [1.807, 2.05) is 54.6 Å². The Morgan fingerprint density at radius 1 is 0.583 bits per heavy atom. The number of ether oxygens (including phenoxy) is 3. The van der Waals surface area contributed by atoms with Crippen molar-refractivity contribution in [1.29, 1.82) is 0 Å². The third-order valence-electron chi connectivity index (χ3n) is 7.72. The molecule has 0 radical (unpaired) electrons. The van der Waals surface area contributed by atoms with Crippen LogP contribution in [-0.4, -0.2) is 81.0 Å². The number of hydrogen-bond donors (Lipinski definition) is 0. The second kappa shape index (κ2) is 17.2. The maximum atomic E-state index is 13.4. The number of methoxy groups -OCH3 is 2. The molecule has 262 valence electrons. The van der Waals surface area contributed by atoms with E-state index in [0.29, 0.717) is 21.3 Å². The molecular weight excluding hydrogens is 642 g/mol. The van der Waals surface area contributed by atoms with Crippen molar-refractivity contribution in [2.24, 2.45) is 0 Å². The molecule has 0 aliphatic heterocycles. The lowest BCUT2D eigenvalue weighted by Gasteiger charge is -2.36. The van der Waals surface area contributed by atoms with Crippen LogP contribution in [0, 0.1) is 0 Å². The SMILES string of the molecule is CCCN(CCCN(CCCCOC(c1ccccc1)(c1ccc(OC)cc1)c1ccc(OC)cc1)C(=O)C(F)(F)F)C(=O)C(F)(F)F. The van der Waals surface area contributed by atoms with Gasteiger partial charge in [-0.2, -0.15) is 26.3 Å². The summed E-state index contributed by atoms with van der Waals surface area (Å²) in [5.41, 5.74) is 1.17. The van der Waals surface area contributed by atoms with Gasteiger partial charge in [-0.1, -0.05) is 61.5 Å². The summed E-state index contributed by atoms with van der Waals surface area (Å²) in [5.74, 6) is -2.90. The molecule has 0 fully saturated rings. The largest absolute Gasteiger partial charge is 0.497 e. The lowest BCUT2D eigenvalue weighted by Crippen LogP contribution is -2.45. The summed E-state index contributed by atoms with van der Waals surface area (Å²) in [6.45, 7) is 0.205. The van der Waals surface area contributed by atoms with Crippen molar-refractivity contribution in [3.8, 4) is 11.5 Å². The summed E-state index contributed by atoms with van der Waals surface area (Å²) in [4.78, 5) is 25.1. The molecule has 13 heteroatoms. The Morgan fingerprint density at radius 3 is 1.42 bits per heavy atom. The van der Waals surface area contributed by atoms with E-state index >= 15 is 0 Å². The van der Waals surface area contributed by atoms with Gasteiger partial charge in [-0.3, -0.25) is 9.59 Å². The van der Waals surface area contributed by atoms with Crippen molar-refractivity contribution in [3.05, 3.63) is 95.6 Å². The molecule has 0 aromatic heterocycles. The molecule has 0 unspecified atom stereocenters. The molecule has 0 saturated heterocycles. The van der Waals surface area contributed by atoms with Crippen LogP contribution in [-0.2, 0) is 19.9 Å². The highest BCUT2D eigenvalue weighted by Gasteiger charge is 2.44. The molecule has 0 aliphatic rings. The van der Waals surface area contributed by atoms with E-state index in [9.17, 15) is 35.9 Å². The topological polar surface area (TPSA) is 68.3 Å². The Labute approximate surface area is 276 Å². The standard InChI is InChI=1S/C35H40F6N2O5/c1-4-21-42(31(44)34(36,37)38)23-10-24-43(32(45)35(39,40)41)22-8-9-25-48-33(26-11-6-5-7-12-26,27-13-17-29(46-2)18-14-27)28-15-19-30(47-3)20-16-28/h5-7,11-20H,4,8-10,21-25H2,1-3H3. The van der Waals surface area contributed by atoms with Gasteiger partial charge in [-0.25, -0.2) is 0 Å². The maximum absolute atomic E-state index is 13.4. The number of amides is 2. The zero-order valence-corrected chi connectivity index (χ0v) is 27.1. The van der Waals surface area contributed by atoms with Gasteiger partial charge >= 0.3 is 24.2 Å². The number of unbranched alkanes of at least 4 members (excludes halogenated alkanes) is 1. The van der Waals surface area contributed by atoms with Crippen molar-refractivity contribution in [3.63, 3.8) is 0 Å². The first kappa shape index (κ1) is 38.2. The van der Waals surface area contributed by atoms with Crippen molar-refractivity contribution >= 4 is 11.8 Å². The predicted molar refractivity (Wildman–Crippen MR) is 168 cm³/mol. The summed E-state index contributed by atoms with van der Waals surface area (Å²) in [7, 11) is 3.10. The molecular formula is C35H40F6N2O5. The molecule has 0 bridgehead atoms. The summed E-state index contributed by atoms with van der Waals surface area (Å²) in [6, 6.07) is 24.1. The highest BCUT2D eigenvalue weighted by atomic mass is 19.4. The van der Waals surface area contributed by atoms with Gasteiger partial charge in [-0.15, -0.1) is 0 Å². The lowest BCUT2D eigenvalue weighted by atomic mass is 9.80. The Hall–Kier alpha value is -4.26. The van der Waals surface area contributed by atoms with Gasteiger partial charge in [0.2, 0.25) is 0 Å². The Bertz CT molecular complexity index is 1380. The number of halogens is 6. The predicted octanol–water partition coefficient (Wildman–Crippen LogP) is 7.37. The fourth-order valence-electron chi connectivity index (χ4n) is 5.42. The zero-order chi connectivity index (χ0) is 35.4. The zero-order valence-electron chi connectivity index (χ0n) is 27.1. The molecule has 0 spiro atoms.